The van der Waals surface area contributed by atoms with Crippen LogP contribution in [0.1, 0.15) is 45.2 Å². The summed E-state index contributed by atoms with van der Waals surface area (Å²) in [4.78, 5) is 61.4. The van der Waals surface area contributed by atoms with Crippen molar-refractivity contribution in [3.63, 3.8) is 0 Å². The van der Waals surface area contributed by atoms with Crippen molar-refractivity contribution in [2.75, 3.05) is 18.6 Å². The first kappa shape index (κ1) is 32.7. The predicted molar refractivity (Wildman–Crippen MR) is 146 cm³/mol. The number of rotatable bonds is 18. The zero-order valence-corrected chi connectivity index (χ0v) is 22.9. The van der Waals surface area contributed by atoms with E-state index in [9.17, 15) is 24.3 Å². The Kier molecular flexibility index (Phi) is 14.8. The number of hydrogen-bond acceptors (Lipinski definition) is 8. The molecular formula is C23H41N9O5S. The molecule has 38 heavy (non-hydrogen) atoms. The molecule has 1 aromatic rings. The molecule has 0 aliphatic rings. The lowest BCUT2D eigenvalue weighted by Gasteiger charge is -2.26. The molecule has 214 valence electrons. The van der Waals surface area contributed by atoms with E-state index in [-0.39, 0.29) is 37.7 Å². The van der Waals surface area contributed by atoms with Crippen LogP contribution in [0.4, 0.5) is 0 Å². The average Bonchev–Trinajstić information content (AvgIpc) is 3.39. The average molecular weight is 556 g/mol. The third kappa shape index (κ3) is 11.8. The first-order valence-electron chi connectivity index (χ1n) is 12.4. The number of nitrogens with two attached hydrogens (primary N) is 3. The first-order chi connectivity index (χ1) is 18.0. The molecule has 5 unspecified atom stereocenters. The molecule has 1 rings (SSSR count). The Labute approximate surface area is 226 Å². The molecule has 0 spiro atoms. The lowest BCUT2D eigenvalue weighted by Crippen LogP contribution is -2.58. The number of hydrogen-bond donors (Lipinski definition) is 8. The molecule has 0 radical (unpaired) electrons. The zero-order valence-electron chi connectivity index (χ0n) is 22.1. The number of carboxylic acid groups (broad SMARTS) is 1. The van der Waals surface area contributed by atoms with Crippen LogP contribution in [0.15, 0.2) is 17.5 Å². The van der Waals surface area contributed by atoms with Gasteiger partial charge in [-0.2, -0.15) is 11.8 Å². The number of thioether (sulfide) groups is 1. The molecule has 14 nitrogen and oxygen atoms in total. The number of aromatic amines is 1. The highest BCUT2D eigenvalue weighted by Crippen LogP contribution is 2.09. The maximum absolute atomic E-state index is 13.3. The van der Waals surface area contributed by atoms with Gasteiger partial charge < -0.3 is 43.2 Å². The molecule has 0 saturated carbocycles. The Bertz CT molecular complexity index is 924. The summed E-state index contributed by atoms with van der Waals surface area (Å²) in [6, 6.07) is -4.08. The van der Waals surface area contributed by atoms with Gasteiger partial charge in [0.2, 0.25) is 17.7 Å². The van der Waals surface area contributed by atoms with Crippen molar-refractivity contribution in [2.24, 2.45) is 28.1 Å². The van der Waals surface area contributed by atoms with Gasteiger partial charge in [-0.3, -0.25) is 19.4 Å². The summed E-state index contributed by atoms with van der Waals surface area (Å²) in [6.07, 6.45) is 6.20. The molecule has 0 aliphatic carbocycles. The second-order valence-corrected chi connectivity index (χ2v) is 9.93. The summed E-state index contributed by atoms with van der Waals surface area (Å²) in [6.45, 7) is 3.98. The van der Waals surface area contributed by atoms with E-state index in [0.717, 1.165) is 0 Å². The number of aliphatic carboxylic acids is 1. The fraction of sp³-hybridized carbons (Fsp3) is 0.652. The van der Waals surface area contributed by atoms with Crippen LogP contribution in [0, 0.1) is 5.92 Å². The summed E-state index contributed by atoms with van der Waals surface area (Å²) in [5, 5.41) is 17.4. The minimum absolute atomic E-state index is 0.0127. The van der Waals surface area contributed by atoms with Crippen LogP contribution in [0.5, 0.6) is 0 Å². The van der Waals surface area contributed by atoms with Gasteiger partial charge in [0.05, 0.1) is 12.4 Å². The Balaban J connectivity index is 3.01. The molecule has 0 saturated heterocycles. The Morgan fingerprint density at radius 1 is 1.08 bits per heavy atom. The zero-order chi connectivity index (χ0) is 28.7. The second kappa shape index (κ2) is 17.2. The summed E-state index contributed by atoms with van der Waals surface area (Å²) < 4.78 is 0. The SMILES string of the molecule is CCC(C)C(N)C(=O)NC(CCCN=C(N)N)C(=O)NC(CCSC)C(=O)NC(Cc1cnc[nH]1)C(=O)O. The van der Waals surface area contributed by atoms with Crippen LogP contribution in [-0.2, 0) is 25.6 Å². The van der Waals surface area contributed by atoms with Crippen molar-refractivity contribution in [3.8, 4) is 0 Å². The van der Waals surface area contributed by atoms with Gasteiger partial charge in [0.25, 0.3) is 0 Å². The number of H-pyrrole nitrogens is 1. The monoisotopic (exact) mass is 555 g/mol. The van der Waals surface area contributed by atoms with Crippen LogP contribution < -0.4 is 33.2 Å². The molecule has 0 bridgehead atoms. The lowest BCUT2D eigenvalue weighted by molar-refractivity contribution is -0.142. The fourth-order valence-corrected chi connectivity index (χ4v) is 3.89. The number of guanidine groups is 1. The van der Waals surface area contributed by atoms with E-state index in [2.05, 4.69) is 30.9 Å². The standard InChI is InChI=1S/C23H41N9O5S/c1-4-13(2)18(24)21(35)31-15(6-5-8-28-23(25)26)19(33)30-16(7-9-38-3)20(34)32-17(22(36)37)10-14-11-27-12-29-14/h11-13,15-18H,4-10,24H2,1-3H3,(H,27,29)(H,30,33)(H,31,35)(H,32,34)(H,36,37)(H4,25,26,28). The van der Waals surface area contributed by atoms with Crippen LogP contribution in [0.2, 0.25) is 0 Å². The number of nitrogens with one attached hydrogen (secondary N) is 4. The summed E-state index contributed by atoms with van der Waals surface area (Å²) in [5.41, 5.74) is 17.3. The predicted octanol–water partition coefficient (Wildman–Crippen LogP) is -1.33. The van der Waals surface area contributed by atoms with E-state index >= 15 is 0 Å². The summed E-state index contributed by atoms with van der Waals surface area (Å²) >= 11 is 1.47. The smallest absolute Gasteiger partial charge is 0.326 e. The van der Waals surface area contributed by atoms with E-state index in [1.807, 2.05) is 20.1 Å². The van der Waals surface area contributed by atoms with Crippen molar-refractivity contribution < 1.29 is 24.3 Å². The van der Waals surface area contributed by atoms with E-state index < -0.39 is 47.9 Å². The first-order valence-corrected chi connectivity index (χ1v) is 13.8. The van der Waals surface area contributed by atoms with Gasteiger partial charge >= 0.3 is 5.97 Å². The van der Waals surface area contributed by atoms with Crippen molar-refractivity contribution in [2.45, 2.75) is 70.1 Å². The highest BCUT2D eigenvalue weighted by molar-refractivity contribution is 7.98. The topological polar surface area (TPSA) is 244 Å². The van der Waals surface area contributed by atoms with E-state index in [1.165, 1.54) is 24.3 Å². The molecule has 0 fully saturated rings. The Morgan fingerprint density at radius 2 is 1.68 bits per heavy atom. The van der Waals surface area contributed by atoms with Gasteiger partial charge in [0.15, 0.2) is 5.96 Å². The number of carboxylic acids is 1. The second-order valence-electron chi connectivity index (χ2n) is 8.94. The largest absolute Gasteiger partial charge is 0.480 e. The molecule has 0 aliphatic heterocycles. The number of carbonyl (C=O) groups is 4. The van der Waals surface area contributed by atoms with Crippen LogP contribution in [0.25, 0.3) is 0 Å². The molecular weight excluding hydrogens is 514 g/mol. The summed E-state index contributed by atoms with van der Waals surface area (Å²) in [5.74, 6) is -2.64. The number of aliphatic imine (C=N–C) groups is 1. The lowest BCUT2D eigenvalue weighted by atomic mass is 9.98. The number of imidazole rings is 1. The van der Waals surface area contributed by atoms with Gasteiger partial charge in [0.1, 0.15) is 18.1 Å². The minimum Gasteiger partial charge on any atom is -0.480 e. The number of aromatic nitrogens is 2. The maximum Gasteiger partial charge on any atom is 0.326 e. The van der Waals surface area contributed by atoms with Gasteiger partial charge in [-0.15, -0.1) is 0 Å². The highest BCUT2D eigenvalue weighted by Gasteiger charge is 2.31. The molecule has 0 aromatic carbocycles. The van der Waals surface area contributed by atoms with Gasteiger partial charge in [-0.25, -0.2) is 9.78 Å². The van der Waals surface area contributed by atoms with Crippen molar-refractivity contribution >= 4 is 41.4 Å². The van der Waals surface area contributed by atoms with E-state index in [0.29, 0.717) is 24.3 Å². The van der Waals surface area contributed by atoms with Crippen LogP contribution in [0.3, 0.4) is 0 Å². The molecule has 1 aromatic heterocycles. The van der Waals surface area contributed by atoms with Gasteiger partial charge in [-0.1, -0.05) is 20.3 Å². The Hall–Kier alpha value is -3.33. The quantitative estimate of drug-likeness (QED) is 0.0602. The van der Waals surface area contributed by atoms with E-state index in [1.54, 1.807) is 0 Å². The molecule has 11 N–H and O–H groups in total. The van der Waals surface area contributed by atoms with Crippen LogP contribution in [-0.4, -0.2) is 87.4 Å². The van der Waals surface area contributed by atoms with Crippen LogP contribution >= 0.6 is 11.8 Å². The fourth-order valence-electron chi connectivity index (χ4n) is 3.42. The molecule has 5 atom stereocenters. The summed E-state index contributed by atoms with van der Waals surface area (Å²) in [7, 11) is 0. The number of amides is 3. The van der Waals surface area contributed by atoms with Gasteiger partial charge in [-0.05, 0) is 37.2 Å². The molecule has 1 heterocycles. The maximum atomic E-state index is 13.3. The van der Waals surface area contributed by atoms with Crippen molar-refractivity contribution in [1.82, 2.24) is 25.9 Å². The third-order valence-electron chi connectivity index (χ3n) is 5.98. The number of carbonyl (C=O) groups excluding carboxylic acids is 3. The molecule has 15 heteroatoms. The minimum atomic E-state index is -1.24. The molecule has 3 amide bonds. The normalized spacial score (nSPS) is 14.8. The van der Waals surface area contributed by atoms with Gasteiger partial charge in [0, 0.05) is 24.9 Å². The third-order valence-corrected chi connectivity index (χ3v) is 6.62. The number of nitrogens with zero attached hydrogens (tertiary/aromatic N) is 2. The highest BCUT2D eigenvalue weighted by atomic mass is 32.2. The van der Waals surface area contributed by atoms with Crippen molar-refractivity contribution in [3.05, 3.63) is 18.2 Å². The Morgan fingerprint density at radius 3 is 2.21 bits per heavy atom. The van der Waals surface area contributed by atoms with E-state index in [4.69, 9.17) is 17.2 Å². The van der Waals surface area contributed by atoms with Crippen molar-refractivity contribution in [1.29, 1.82) is 0 Å².